The Kier molecular flexibility index (Phi) is 11.1. The van der Waals surface area contributed by atoms with Gasteiger partial charge >= 0.3 is 57.4 Å². The van der Waals surface area contributed by atoms with Crippen molar-refractivity contribution < 1.29 is 71.2 Å². The van der Waals surface area contributed by atoms with Gasteiger partial charge in [0.05, 0.1) is 6.42 Å². The molecule has 1 aliphatic carbocycles. The van der Waals surface area contributed by atoms with Crippen molar-refractivity contribution >= 4 is 11.8 Å². The maximum atomic E-state index is 11.0. The predicted octanol–water partition coefficient (Wildman–Crippen LogP) is -2.30. The molecule has 1 rings (SSSR count). The van der Waals surface area contributed by atoms with E-state index in [4.69, 9.17) is 10.8 Å². The largest absolute Gasteiger partial charge is 1.00 e. The molecule has 0 spiro atoms. The standard InChI is InChI=1S/C9H15NO3.C4H9O.K/c10-6-9(5-8(12)13)3-1-7(11)2-4-9;1-4(2,3)5;/h1-6,10H2,(H,12,13);1-3H3;/q;-1;+1. The first kappa shape index (κ1) is 22.0. The molecular formula is C13H24KNO4. The Bertz CT molecular complexity index is 284. The molecule has 0 saturated heterocycles. The molecule has 0 aromatic carbocycles. The molecule has 1 fully saturated rings. The maximum Gasteiger partial charge on any atom is 1.00 e. The summed E-state index contributed by atoms with van der Waals surface area (Å²) in [5.41, 5.74) is 4.49. The Balaban J connectivity index is 0. The van der Waals surface area contributed by atoms with Crippen LogP contribution in [0.15, 0.2) is 0 Å². The van der Waals surface area contributed by atoms with E-state index >= 15 is 0 Å². The van der Waals surface area contributed by atoms with Crippen LogP contribution in [0.25, 0.3) is 0 Å². The van der Waals surface area contributed by atoms with E-state index in [0.29, 0.717) is 32.2 Å². The van der Waals surface area contributed by atoms with E-state index < -0.39 is 11.6 Å². The molecule has 0 unspecified atom stereocenters. The van der Waals surface area contributed by atoms with Crippen molar-refractivity contribution in [2.24, 2.45) is 11.1 Å². The predicted molar refractivity (Wildman–Crippen MR) is 67.0 cm³/mol. The Hall–Kier alpha value is 0.696. The Morgan fingerprint density at radius 2 is 1.74 bits per heavy atom. The SMILES string of the molecule is CC(C)(C)[O-].NCC1(CC(=O)O)CCC(=O)CC1.[K+]. The van der Waals surface area contributed by atoms with Crippen LogP contribution in [-0.4, -0.2) is 29.0 Å². The summed E-state index contributed by atoms with van der Waals surface area (Å²) in [7, 11) is 0. The Labute approximate surface area is 157 Å². The fourth-order valence-corrected chi connectivity index (χ4v) is 1.83. The van der Waals surface area contributed by atoms with Crippen LogP contribution in [0.2, 0.25) is 0 Å². The number of aliphatic carboxylic acids is 1. The topological polar surface area (TPSA) is 103 Å². The summed E-state index contributed by atoms with van der Waals surface area (Å²) in [6.07, 6.45) is 2.34. The van der Waals surface area contributed by atoms with Crippen molar-refractivity contribution in [2.45, 2.75) is 58.5 Å². The zero-order valence-electron chi connectivity index (χ0n) is 12.5. The number of hydrogen-bond acceptors (Lipinski definition) is 4. The van der Waals surface area contributed by atoms with Crippen LogP contribution >= 0.6 is 0 Å². The normalized spacial score (nSPS) is 17.8. The van der Waals surface area contributed by atoms with Gasteiger partial charge in [-0.15, -0.1) is 5.60 Å². The van der Waals surface area contributed by atoms with E-state index in [-0.39, 0.29) is 69.0 Å². The van der Waals surface area contributed by atoms with E-state index in [1.165, 1.54) is 0 Å². The minimum Gasteiger partial charge on any atom is -0.850 e. The van der Waals surface area contributed by atoms with Crippen molar-refractivity contribution in [2.75, 3.05) is 6.54 Å². The Morgan fingerprint density at radius 3 is 2.00 bits per heavy atom. The van der Waals surface area contributed by atoms with Gasteiger partial charge in [0.25, 0.3) is 0 Å². The molecule has 106 valence electrons. The number of ketones is 1. The summed E-state index contributed by atoms with van der Waals surface area (Å²) in [4.78, 5) is 21.5. The zero-order valence-corrected chi connectivity index (χ0v) is 15.6. The quantitative estimate of drug-likeness (QED) is 0.570. The van der Waals surface area contributed by atoms with E-state index in [2.05, 4.69) is 0 Å². The van der Waals surface area contributed by atoms with Crippen molar-refractivity contribution in [3.05, 3.63) is 0 Å². The molecular weight excluding hydrogens is 273 g/mol. The van der Waals surface area contributed by atoms with Crippen LogP contribution in [0.5, 0.6) is 0 Å². The third-order valence-electron chi connectivity index (χ3n) is 2.83. The van der Waals surface area contributed by atoms with Crippen molar-refractivity contribution in [3.63, 3.8) is 0 Å². The van der Waals surface area contributed by atoms with Crippen LogP contribution in [0.3, 0.4) is 0 Å². The van der Waals surface area contributed by atoms with Crippen LogP contribution in [0, 0.1) is 5.41 Å². The van der Waals surface area contributed by atoms with Crippen molar-refractivity contribution in [1.29, 1.82) is 0 Å². The van der Waals surface area contributed by atoms with E-state index in [1.807, 2.05) is 0 Å². The summed E-state index contributed by atoms with van der Waals surface area (Å²) >= 11 is 0. The molecule has 3 N–H and O–H groups in total. The van der Waals surface area contributed by atoms with Gasteiger partial charge in [0.15, 0.2) is 0 Å². The van der Waals surface area contributed by atoms with Crippen LogP contribution < -0.4 is 62.2 Å². The molecule has 0 heterocycles. The first-order valence-electron chi connectivity index (χ1n) is 6.22. The molecule has 6 heteroatoms. The number of carbonyl (C=O) groups is 2. The molecule has 5 nitrogen and oxygen atoms in total. The molecule has 0 atom stereocenters. The third kappa shape index (κ3) is 12.2. The van der Waals surface area contributed by atoms with Crippen LogP contribution in [0.1, 0.15) is 52.9 Å². The van der Waals surface area contributed by atoms with Gasteiger partial charge in [0, 0.05) is 12.8 Å². The number of Topliss-reactive ketones (excluding diaryl/α,β-unsaturated/α-hetero) is 1. The number of carboxylic acid groups (broad SMARTS) is 1. The minimum absolute atomic E-state index is 0. The second-order valence-electron chi connectivity index (χ2n) is 5.93. The van der Waals surface area contributed by atoms with Gasteiger partial charge < -0.3 is 15.9 Å². The number of nitrogens with two attached hydrogens (primary N) is 1. The number of rotatable bonds is 3. The summed E-state index contributed by atoms with van der Waals surface area (Å²) in [5, 5.41) is 18.8. The van der Waals surface area contributed by atoms with Crippen LogP contribution in [0.4, 0.5) is 0 Å². The van der Waals surface area contributed by atoms with E-state index in [0.717, 1.165) is 0 Å². The molecule has 19 heavy (non-hydrogen) atoms. The first-order valence-corrected chi connectivity index (χ1v) is 6.22. The minimum atomic E-state index is -0.820. The number of hydrogen-bond donors (Lipinski definition) is 2. The molecule has 1 saturated carbocycles. The van der Waals surface area contributed by atoms with Gasteiger partial charge in [-0.25, -0.2) is 0 Å². The molecule has 0 amide bonds. The zero-order chi connectivity index (χ0) is 14.4. The van der Waals surface area contributed by atoms with E-state index in [9.17, 15) is 14.7 Å². The monoisotopic (exact) mass is 297 g/mol. The first-order chi connectivity index (χ1) is 8.08. The van der Waals surface area contributed by atoms with Crippen molar-refractivity contribution in [3.8, 4) is 0 Å². The average Bonchev–Trinajstić information content (AvgIpc) is 2.19. The molecule has 0 bridgehead atoms. The second kappa shape index (κ2) is 9.60. The molecule has 0 aromatic heterocycles. The maximum absolute atomic E-state index is 11.0. The Morgan fingerprint density at radius 1 is 1.37 bits per heavy atom. The summed E-state index contributed by atoms with van der Waals surface area (Å²) < 4.78 is 0. The summed E-state index contributed by atoms with van der Waals surface area (Å²) in [5.74, 6) is -0.589. The fraction of sp³-hybridized carbons (Fsp3) is 0.846. The molecule has 0 aliphatic heterocycles. The second-order valence-corrected chi connectivity index (χ2v) is 5.93. The molecule has 0 radical (unpaired) electrons. The summed E-state index contributed by atoms with van der Waals surface area (Å²) in [6.45, 7) is 5.26. The third-order valence-corrected chi connectivity index (χ3v) is 2.83. The molecule has 1 aliphatic rings. The average molecular weight is 297 g/mol. The van der Waals surface area contributed by atoms with Gasteiger partial charge in [0.2, 0.25) is 0 Å². The number of carboxylic acids is 1. The van der Waals surface area contributed by atoms with Gasteiger partial charge in [-0.2, -0.15) is 0 Å². The smallest absolute Gasteiger partial charge is 0.850 e. The van der Waals surface area contributed by atoms with Gasteiger partial charge in [0.1, 0.15) is 5.78 Å². The van der Waals surface area contributed by atoms with Crippen LogP contribution in [-0.2, 0) is 9.59 Å². The number of carbonyl (C=O) groups excluding carboxylic acids is 1. The summed E-state index contributed by atoms with van der Waals surface area (Å²) in [6, 6.07) is 0. The van der Waals surface area contributed by atoms with Gasteiger partial charge in [-0.3, -0.25) is 9.59 Å². The van der Waals surface area contributed by atoms with Crippen molar-refractivity contribution in [1.82, 2.24) is 0 Å². The molecule has 0 aromatic rings. The van der Waals surface area contributed by atoms with Gasteiger partial charge in [-0.1, -0.05) is 20.8 Å². The fourth-order valence-electron chi connectivity index (χ4n) is 1.83. The van der Waals surface area contributed by atoms with E-state index in [1.54, 1.807) is 20.8 Å². The van der Waals surface area contributed by atoms with Gasteiger partial charge in [-0.05, 0) is 24.8 Å².